The average molecular weight is 405 g/mol. The van der Waals surface area contributed by atoms with Gasteiger partial charge in [0.25, 0.3) is 5.91 Å². The number of nitrogens with zero attached hydrogens (tertiary/aromatic N) is 2. The van der Waals surface area contributed by atoms with Gasteiger partial charge in [0, 0.05) is 29.7 Å². The number of aromatic nitrogens is 2. The zero-order valence-corrected chi connectivity index (χ0v) is 17.3. The van der Waals surface area contributed by atoms with Crippen LogP contribution in [0.5, 0.6) is 11.5 Å². The van der Waals surface area contributed by atoms with E-state index in [-0.39, 0.29) is 12.5 Å². The van der Waals surface area contributed by atoms with Crippen molar-refractivity contribution in [3.05, 3.63) is 60.4 Å². The van der Waals surface area contributed by atoms with Crippen LogP contribution in [0, 0.1) is 0 Å². The highest BCUT2D eigenvalue weighted by Crippen LogP contribution is 2.25. The molecule has 3 aromatic rings. The molecule has 1 aromatic heterocycles. The van der Waals surface area contributed by atoms with Gasteiger partial charge in [0.15, 0.2) is 6.61 Å². The highest BCUT2D eigenvalue weighted by Gasteiger charge is 2.15. The lowest BCUT2D eigenvalue weighted by molar-refractivity contribution is -0.118. The first-order valence-electron chi connectivity index (χ1n) is 10.5. The Morgan fingerprint density at radius 2 is 1.77 bits per heavy atom. The SMILES string of the molecule is CCCOc1ccc(OCC(=O)Nc2ccc(-c3ncc4n3CCCC4)cc2)cc1. The minimum atomic E-state index is -0.202. The van der Waals surface area contributed by atoms with Gasteiger partial charge in [-0.2, -0.15) is 0 Å². The summed E-state index contributed by atoms with van der Waals surface area (Å²) >= 11 is 0. The van der Waals surface area contributed by atoms with Crippen molar-refractivity contribution in [2.75, 3.05) is 18.5 Å². The third kappa shape index (κ3) is 4.82. The minimum absolute atomic E-state index is 0.0509. The predicted octanol–water partition coefficient (Wildman–Crippen LogP) is 4.69. The normalized spacial score (nSPS) is 12.8. The highest BCUT2D eigenvalue weighted by atomic mass is 16.5. The van der Waals surface area contributed by atoms with Crippen LogP contribution in [0.3, 0.4) is 0 Å². The second-order valence-corrected chi connectivity index (χ2v) is 7.42. The number of carbonyl (C=O) groups is 1. The van der Waals surface area contributed by atoms with E-state index in [0.717, 1.165) is 42.2 Å². The fraction of sp³-hybridized carbons (Fsp3) is 0.333. The molecule has 0 atom stereocenters. The second-order valence-electron chi connectivity index (χ2n) is 7.42. The molecule has 2 aromatic carbocycles. The number of benzene rings is 2. The summed E-state index contributed by atoms with van der Waals surface area (Å²) in [6, 6.07) is 15.1. The average Bonchev–Trinajstić information content (AvgIpc) is 3.22. The Morgan fingerprint density at radius 1 is 1.03 bits per heavy atom. The van der Waals surface area contributed by atoms with Crippen molar-refractivity contribution in [2.24, 2.45) is 0 Å². The van der Waals surface area contributed by atoms with Crippen LogP contribution in [0.25, 0.3) is 11.4 Å². The fourth-order valence-electron chi connectivity index (χ4n) is 3.57. The van der Waals surface area contributed by atoms with Crippen molar-refractivity contribution < 1.29 is 14.3 Å². The number of amides is 1. The lowest BCUT2D eigenvalue weighted by atomic mass is 10.1. The standard InChI is InChI=1S/C24H27N3O3/c1-2-15-29-21-10-12-22(13-11-21)30-17-23(28)26-19-8-6-18(7-9-19)24-25-16-20-5-3-4-14-27(20)24/h6-13,16H,2-5,14-15,17H2,1H3,(H,26,28). The smallest absolute Gasteiger partial charge is 0.262 e. The van der Waals surface area contributed by atoms with E-state index in [9.17, 15) is 4.79 Å². The quantitative estimate of drug-likeness (QED) is 0.590. The topological polar surface area (TPSA) is 65.4 Å². The third-order valence-corrected chi connectivity index (χ3v) is 5.10. The van der Waals surface area contributed by atoms with Crippen LogP contribution in [0.1, 0.15) is 31.9 Å². The molecule has 0 saturated carbocycles. The molecule has 1 N–H and O–H groups in total. The Kier molecular flexibility index (Phi) is 6.32. The van der Waals surface area contributed by atoms with Gasteiger partial charge in [-0.15, -0.1) is 0 Å². The predicted molar refractivity (Wildman–Crippen MR) is 117 cm³/mol. The first-order valence-corrected chi connectivity index (χ1v) is 10.5. The molecule has 4 rings (SSSR count). The van der Waals surface area contributed by atoms with Crippen molar-refractivity contribution >= 4 is 11.6 Å². The molecule has 0 fully saturated rings. The largest absolute Gasteiger partial charge is 0.494 e. The number of fused-ring (bicyclic) bond motifs is 1. The molecular formula is C24H27N3O3. The molecule has 1 amide bonds. The molecule has 0 aliphatic carbocycles. The van der Waals surface area contributed by atoms with Gasteiger partial charge in [-0.1, -0.05) is 6.92 Å². The van der Waals surface area contributed by atoms with Gasteiger partial charge in [-0.25, -0.2) is 4.98 Å². The summed E-state index contributed by atoms with van der Waals surface area (Å²) in [5.74, 6) is 2.23. The third-order valence-electron chi connectivity index (χ3n) is 5.10. The zero-order chi connectivity index (χ0) is 20.8. The van der Waals surface area contributed by atoms with Gasteiger partial charge in [0.1, 0.15) is 17.3 Å². The second kappa shape index (κ2) is 9.48. The van der Waals surface area contributed by atoms with Crippen LogP contribution < -0.4 is 14.8 Å². The Hall–Kier alpha value is -3.28. The summed E-state index contributed by atoms with van der Waals surface area (Å²) < 4.78 is 13.4. The molecule has 30 heavy (non-hydrogen) atoms. The van der Waals surface area contributed by atoms with Crippen molar-refractivity contribution in [3.8, 4) is 22.9 Å². The van der Waals surface area contributed by atoms with Crippen LogP contribution in [0.15, 0.2) is 54.7 Å². The summed E-state index contributed by atoms with van der Waals surface area (Å²) in [5, 5.41) is 2.87. The molecule has 1 aliphatic rings. The molecule has 2 heterocycles. The Balaban J connectivity index is 1.30. The van der Waals surface area contributed by atoms with E-state index in [1.165, 1.54) is 18.5 Å². The molecule has 6 heteroatoms. The summed E-state index contributed by atoms with van der Waals surface area (Å²) in [6.07, 6.45) is 6.46. The Morgan fingerprint density at radius 3 is 2.50 bits per heavy atom. The first-order chi connectivity index (χ1) is 14.7. The summed E-state index contributed by atoms with van der Waals surface area (Å²) in [6.45, 7) is 3.72. The number of rotatable bonds is 8. The van der Waals surface area contributed by atoms with Crippen molar-refractivity contribution in [1.82, 2.24) is 9.55 Å². The minimum Gasteiger partial charge on any atom is -0.494 e. The maximum atomic E-state index is 12.2. The van der Waals surface area contributed by atoms with Gasteiger partial charge in [0.05, 0.1) is 6.61 Å². The molecule has 0 spiro atoms. The van der Waals surface area contributed by atoms with E-state index >= 15 is 0 Å². The van der Waals surface area contributed by atoms with Crippen LogP contribution in [0.2, 0.25) is 0 Å². The molecular weight excluding hydrogens is 378 g/mol. The number of hydrogen-bond acceptors (Lipinski definition) is 4. The van der Waals surface area contributed by atoms with Gasteiger partial charge in [-0.05, 0) is 74.2 Å². The van der Waals surface area contributed by atoms with Gasteiger partial charge < -0.3 is 19.4 Å². The zero-order valence-electron chi connectivity index (χ0n) is 17.3. The van der Waals surface area contributed by atoms with E-state index in [0.29, 0.717) is 12.4 Å². The van der Waals surface area contributed by atoms with Crippen LogP contribution in [-0.4, -0.2) is 28.7 Å². The summed E-state index contributed by atoms with van der Waals surface area (Å²) in [4.78, 5) is 16.8. The van der Waals surface area contributed by atoms with Crippen LogP contribution in [-0.2, 0) is 17.8 Å². The number of nitrogens with one attached hydrogen (secondary N) is 1. The summed E-state index contributed by atoms with van der Waals surface area (Å²) in [5.41, 5.74) is 3.10. The molecule has 0 radical (unpaired) electrons. The maximum absolute atomic E-state index is 12.2. The number of carbonyl (C=O) groups excluding carboxylic acids is 1. The van der Waals surface area contributed by atoms with E-state index < -0.39 is 0 Å². The van der Waals surface area contributed by atoms with E-state index in [1.54, 1.807) is 12.1 Å². The fourth-order valence-corrected chi connectivity index (χ4v) is 3.57. The first kappa shape index (κ1) is 20.0. The van der Waals surface area contributed by atoms with E-state index in [2.05, 4.69) is 21.8 Å². The van der Waals surface area contributed by atoms with Crippen LogP contribution in [0.4, 0.5) is 5.69 Å². The Labute approximate surface area is 176 Å². The molecule has 0 saturated heterocycles. The number of ether oxygens (including phenoxy) is 2. The number of aryl methyl sites for hydroxylation is 1. The van der Waals surface area contributed by atoms with Crippen molar-refractivity contribution in [1.29, 1.82) is 0 Å². The van der Waals surface area contributed by atoms with E-state index in [1.807, 2.05) is 42.6 Å². The van der Waals surface area contributed by atoms with Gasteiger partial charge in [-0.3, -0.25) is 4.79 Å². The monoisotopic (exact) mass is 405 g/mol. The maximum Gasteiger partial charge on any atom is 0.262 e. The number of hydrogen-bond donors (Lipinski definition) is 1. The molecule has 0 bridgehead atoms. The van der Waals surface area contributed by atoms with E-state index in [4.69, 9.17) is 9.47 Å². The van der Waals surface area contributed by atoms with Gasteiger partial charge in [0.2, 0.25) is 0 Å². The number of imidazole rings is 1. The summed E-state index contributed by atoms with van der Waals surface area (Å²) in [7, 11) is 0. The van der Waals surface area contributed by atoms with Crippen LogP contribution >= 0.6 is 0 Å². The highest BCUT2D eigenvalue weighted by molar-refractivity contribution is 5.92. The molecule has 6 nitrogen and oxygen atoms in total. The van der Waals surface area contributed by atoms with Crippen molar-refractivity contribution in [3.63, 3.8) is 0 Å². The molecule has 1 aliphatic heterocycles. The molecule has 0 unspecified atom stereocenters. The molecule has 156 valence electrons. The lowest BCUT2D eigenvalue weighted by Crippen LogP contribution is -2.20. The van der Waals surface area contributed by atoms with Gasteiger partial charge >= 0.3 is 0 Å². The van der Waals surface area contributed by atoms with Crippen molar-refractivity contribution in [2.45, 2.75) is 39.2 Å². The number of anilines is 1. The Bertz CT molecular complexity index is 978. The lowest BCUT2D eigenvalue weighted by Gasteiger charge is -2.16.